The van der Waals surface area contributed by atoms with Gasteiger partial charge in [0.05, 0.1) is 11.3 Å². The van der Waals surface area contributed by atoms with Crippen molar-refractivity contribution in [3.8, 4) is 0 Å². The predicted octanol–water partition coefficient (Wildman–Crippen LogP) is 4.19. The highest BCUT2D eigenvalue weighted by atomic mass is 32.2. The third-order valence-electron chi connectivity index (χ3n) is 4.34. The molecule has 0 saturated heterocycles. The number of anilines is 1. The van der Waals surface area contributed by atoms with E-state index in [9.17, 15) is 9.59 Å². The van der Waals surface area contributed by atoms with E-state index in [0.29, 0.717) is 22.2 Å². The topological polar surface area (TPSA) is 72.2 Å². The molecule has 3 rings (SSSR count). The first-order valence-electron chi connectivity index (χ1n) is 8.42. The van der Waals surface area contributed by atoms with E-state index < -0.39 is 5.91 Å². The minimum atomic E-state index is -0.452. The standard InChI is InChI=1S/C19H22N2O2S2/c1-11(2)12-6-8-13(9-7-12)24-10-16(22)21-19-17(18(20)23)14-4-3-5-15(14)25-19/h6-9,11H,3-5,10H2,1-2H3,(H2,20,23)(H,21,22). The van der Waals surface area contributed by atoms with Gasteiger partial charge in [-0.1, -0.05) is 26.0 Å². The van der Waals surface area contributed by atoms with Crippen molar-refractivity contribution in [3.05, 3.63) is 45.8 Å². The molecule has 0 saturated carbocycles. The smallest absolute Gasteiger partial charge is 0.251 e. The summed E-state index contributed by atoms with van der Waals surface area (Å²) in [5, 5.41) is 3.49. The second kappa shape index (κ2) is 7.62. The van der Waals surface area contributed by atoms with Crippen LogP contribution in [0.25, 0.3) is 0 Å². The number of rotatable bonds is 6. The fraction of sp³-hybridized carbons (Fsp3) is 0.368. The average Bonchev–Trinajstić information content (AvgIpc) is 3.13. The molecule has 1 aromatic heterocycles. The third kappa shape index (κ3) is 4.07. The highest BCUT2D eigenvalue weighted by Crippen LogP contribution is 2.38. The van der Waals surface area contributed by atoms with Crippen molar-refractivity contribution >= 4 is 39.9 Å². The van der Waals surface area contributed by atoms with Gasteiger partial charge < -0.3 is 11.1 Å². The van der Waals surface area contributed by atoms with Crippen LogP contribution in [0.1, 0.15) is 52.5 Å². The first-order chi connectivity index (χ1) is 12.0. The molecular weight excluding hydrogens is 352 g/mol. The van der Waals surface area contributed by atoms with Crippen LogP contribution in [0.3, 0.4) is 0 Å². The fourth-order valence-corrected chi connectivity index (χ4v) is 5.02. The van der Waals surface area contributed by atoms with Gasteiger partial charge >= 0.3 is 0 Å². The zero-order valence-electron chi connectivity index (χ0n) is 14.4. The van der Waals surface area contributed by atoms with Crippen molar-refractivity contribution in [1.29, 1.82) is 0 Å². The minimum absolute atomic E-state index is 0.111. The molecule has 3 N–H and O–H groups in total. The Morgan fingerprint density at radius 2 is 1.96 bits per heavy atom. The Hall–Kier alpha value is -1.79. The minimum Gasteiger partial charge on any atom is -0.365 e. The van der Waals surface area contributed by atoms with Gasteiger partial charge in [-0.05, 0) is 48.4 Å². The van der Waals surface area contributed by atoms with Crippen LogP contribution in [0.2, 0.25) is 0 Å². The van der Waals surface area contributed by atoms with Crippen LogP contribution < -0.4 is 11.1 Å². The Labute approximate surface area is 156 Å². The number of thiophene rings is 1. The Morgan fingerprint density at radius 1 is 1.24 bits per heavy atom. The van der Waals surface area contributed by atoms with Gasteiger partial charge in [-0.3, -0.25) is 9.59 Å². The number of fused-ring (bicyclic) bond motifs is 1. The van der Waals surface area contributed by atoms with Gasteiger partial charge in [0.1, 0.15) is 5.00 Å². The summed E-state index contributed by atoms with van der Waals surface area (Å²) >= 11 is 2.98. The van der Waals surface area contributed by atoms with Gasteiger partial charge in [-0.15, -0.1) is 23.1 Å². The lowest BCUT2D eigenvalue weighted by Gasteiger charge is -2.08. The summed E-state index contributed by atoms with van der Waals surface area (Å²) in [5.41, 5.74) is 8.35. The lowest BCUT2D eigenvalue weighted by atomic mass is 10.0. The number of nitrogens with two attached hydrogens (primary N) is 1. The quantitative estimate of drug-likeness (QED) is 0.745. The SMILES string of the molecule is CC(C)c1ccc(SCC(=O)Nc2sc3c(c2C(N)=O)CCC3)cc1. The maximum atomic E-state index is 12.3. The molecule has 0 radical (unpaired) electrons. The summed E-state index contributed by atoms with van der Waals surface area (Å²) < 4.78 is 0. The molecule has 1 heterocycles. The largest absolute Gasteiger partial charge is 0.365 e. The van der Waals surface area contributed by atoms with Crippen LogP contribution in [0.15, 0.2) is 29.2 Å². The molecule has 0 fully saturated rings. The molecule has 0 spiro atoms. The van der Waals surface area contributed by atoms with E-state index in [-0.39, 0.29) is 5.91 Å². The Kier molecular flexibility index (Phi) is 5.49. The average molecular weight is 375 g/mol. The summed E-state index contributed by atoms with van der Waals surface area (Å²) in [7, 11) is 0. The zero-order chi connectivity index (χ0) is 18.0. The number of amides is 2. The Morgan fingerprint density at radius 3 is 2.60 bits per heavy atom. The van der Waals surface area contributed by atoms with Crippen molar-refractivity contribution in [2.75, 3.05) is 11.1 Å². The van der Waals surface area contributed by atoms with Gasteiger partial charge in [0.25, 0.3) is 5.91 Å². The predicted molar refractivity (Wildman–Crippen MR) is 105 cm³/mol. The summed E-state index contributed by atoms with van der Waals surface area (Å²) in [4.78, 5) is 26.3. The van der Waals surface area contributed by atoms with Gasteiger partial charge in [-0.2, -0.15) is 0 Å². The van der Waals surface area contributed by atoms with Crippen LogP contribution >= 0.6 is 23.1 Å². The molecule has 2 aromatic rings. The number of carbonyl (C=O) groups excluding carboxylic acids is 2. The number of nitrogens with one attached hydrogen (secondary N) is 1. The summed E-state index contributed by atoms with van der Waals surface area (Å²) in [6.07, 6.45) is 2.89. The lowest BCUT2D eigenvalue weighted by molar-refractivity contribution is -0.113. The van der Waals surface area contributed by atoms with Crippen LogP contribution in [0.5, 0.6) is 0 Å². The Balaban J connectivity index is 1.62. The van der Waals surface area contributed by atoms with Crippen molar-refractivity contribution < 1.29 is 9.59 Å². The van der Waals surface area contributed by atoms with Crippen molar-refractivity contribution in [3.63, 3.8) is 0 Å². The molecule has 25 heavy (non-hydrogen) atoms. The second-order valence-corrected chi connectivity index (χ2v) is 8.64. The van der Waals surface area contributed by atoms with E-state index in [4.69, 9.17) is 5.73 Å². The highest BCUT2D eigenvalue weighted by Gasteiger charge is 2.26. The van der Waals surface area contributed by atoms with E-state index in [1.54, 1.807) is 0 Å². The third-order valence-corrected chi connectivity index (χ3v) is 6.56. The van der Waals surface area contributed by atoms with Gasteiger partial charge in [0, 0.05) is 9.77 Å². The van der Waals surface area contributed by atoms with E-state index in [2.05, 4.69) is 31.3 Å². The van der Waals surface area contributed by atoms with E-state index >= 15 is 0 Å². The molecule has 1 aliphatic carbocycles. The number of primary amides is 1. The molecule has 0 aliphatic heterocycles. The molecule has 2 amide bonds. The first kappa shape index (κ1) is 18.0. The Bertz CT molecular complexity index is 795. The number of thioether (sulfide) groups is 1. The second-order valence-electron chi connectivity index (χ2n) is 6.49. The van der Waals surface area contributed by atoms with E-state index in [1.807, 2.05) is 12.1 Å². The number of carbonyl (C=O) groups is 2. The maximum absolute atomic E-state index is 12.3. The van der Waals surface area contributed by atoms with Gasteiger partial charge in [0.15, 0.2) is 0 Å². The lowest BCUT2D eigenvalue weighted by Crippen LogP contribution is -2.18. The van der Waals surface area contributed by atoms with Gasteiger partial charge in [-0.25, -0.2) is 0 Å². The van der Waals surface area contributed by atoms with Crippen LogP contribution in [0.4, 0.5) is 5.00 Å². The number of hydrogen-bond donors (Lipinski definition) is 2. The molecular formula is C19H22N2O2S2. The molecule has 132 valence electrons. The molecule has 0 bridgehead atoms. The number of benzene rings is 1. The first-order valence-corrected chi connectivity index (χ1v) is 10.2. The zero-order valence-corrected chi connectivity index (χ0v) is 16.1. The maximum Gasteiger partial charge on any atom is 0.251 e. The highest BCUT2D eigenvalue weighted by molar-refractivity contribution is 8.00. The fourth-order valence-electron chi connectivity index (χ4n) is 3.01. The summed E-state index contributed by atoms with van der Waals surface area (Å²) in [6.45, 7) is 4.31. The molecule has 0 atom stereocenters. The summed E-state index contributed by atoms with van der Waals surface area (Å²) in [6, 6.07) is 8.28. The molecule has 1 aromatic carbocycles. The molecule has 6 heteroatoms. The van der Waals surface area contributed by atoms with E-state index in [0.717, 1.165) is 29.7 Å². The van der Waals surface area contributed by atoms with Crippen LogP contribution in [0, 0.1) is 0 Å². The van der Waals surface area contributed by atoms with Crippen molar-refractivity contribution in [2.24, 2.45) is 5.73 Å². The van der Waals surface area contributed by atoms with Crippen LogP contribution in [-0.4, -0.2) is 17.6 Å². The number of aryl methyl sites for hydroxylation is 1. The number of hydrogen-bond acceptors (Lipinski definition) is 4. The van der Waals surface area contributed by atoms with Crippen LogP contribution in [-0.2, 0) is 17.6 Å². The molecule has 0 unspecified atom stereocenters. The van der Waals surface area contributed by atoms with Gasteiger partial charge in [0.2, 0.25) is 5.91 Å². The van der Waals surface area contributed by atoms with E-state index in [1.165, 1.54) is 33.5 Å². The monoisotopic (exact) mass is 374 g/mol. The molecule has 1 aliphatic rings. The normalized spacial score (nSPS) is 13.1. The molecule has 4 nitrogen and oxygen atoms in total. The summed E-state index contributed by atoms with van der Waals surface area (Å²) in [5.74, 6) is 0.240. The van der Waals surface area contributed by atoms with Crippen molar-refractivity contribution in [2.45, 2.75) is 43.9 Å². The van der Waals surface area contributed by atoms with Crippen molar-refractivity contribution in [1.82, 2.24) is 0 Å².